The summed E-state index contributed by atoms with van der Waals surface area (Å²) in [5, 5.41) is 18.8. The summed E-state index contributed by atoms with van der Waals surface area (Å²) in [5.74, 6) is 0. The summed E-state index contributed by atoms with van der Waals surface area (Å²) in [4.78, 5) is 11.4. The van der Waals surface area contributed by atoms with Crippen LogP contribution < -0.4 is 0 Å². The smallest absolute Gasteiger partial charge is 0.193 e. The fourth-order valence-corrected chi connectivity index (χ4v) is 2.52. The zero-order valence-corrected chi connectivity index (χ0v) is 9.48. The summed E-state index contributed by atoms with van der Waals surface area (Å²) >= 11 is 1.46. The predicted molar refractivity (Wildman–Crippen MR) is 64.4 cm³/mol. The summed E-state index contributed by atoms with van der Waals surface area (Å²) in [7, 11) is 0. The first-order valence-electron chi connectivity index (χ1n) is 5.01. The molecule has 6 heteroatoms. The molecule has 3 N–H and O–H groups in total. The van der Waals surface area contributed by atoms with Crippen LogP contribution >= 0.6 is 11.3 Å². The molecule has 3 heterocycles. The molecule has 0 atom stereocenters. The van der Waals surface area contributed by atoms with Crippen LogP contribution in [0.3, 0.4) is 0 Å². The number of pyridine rings is 1. The van der Waals surface area contributed by atoms with Gasteiger partial charge in [-0.25, -0.2) is 4.98 Å². The van der Waals surface area contributed by atoms with Crippen LogP contribution in [0.2, 0.25) is 0 Å². The molecule has 3 aromatic heterocycles. The van der Waals surface area contributed by atoms with Crippen molar-refractivity contribution in [1.82, 2.24) is 15.0 Å². The second kappa shape index (κ2) is 3.92. The second-order valence-electron chi connectivity index (χ2n) is 3.55. The van der Waals surface area contributed by atoms with Crippen molar-refractivity contribution >= 4 is 21.7 Å². The van der Waals surface area contributed by atoms with Gasteiger partial charge in [0.25, 0.3) is 0 Å². The Morgan fingerprint density at radius 3 is 2.82 bits per heavy atom. The van der Waals surface area contributed by atoms with E-state index >= 15 is 0 Å². The van der Waals surface area contributed by atoms with Crippen LogP contribution in [0.15, 0.2) is 30.5 Å². The number of thiazole rings is 1. The van der Waals surface area contributed by atoms with Crippen LogP contribution in [0.1, 0.15) is 12.0 Å². The lowest BCUT2D eigenvalue weighted by molar-refractivity contribution is -0.0453. The Kier molecular flexibility index (Phi) is 2.40. The number of nitrogens with one attached hydrogen (secondary N) is 1. The van der Waals surface area contributed by atoms with E-state index in [-0.39, 0.29) is 0 Å². The fourth-order valence-electron chi connectivity index (χ4n) is 1.57. The Morgan fingerprint density at radius 2 is 2.18 bits per heavy atom. The SMILES string of the molecule is OC(O)c1cc2sc(-c3ccccn3)nc2[nH]1. The molecular weight excluding hydrogens is 238 g/mol. The van der Waals surface area contributed by atoms with Crippen molar-refractivity contribution in [2.75, 3.05) is 0 Å². The minimum atomic E-state index is -1.49. The van der Waals surface area contributed by atoms with Gasteiger partial charge in [0.15, 0.2) is 6.29 Å². The molecule has 3 rings (SSSR count). The first-order chi connectivity index (χ1) is 8.24. The van der Waals surface area contributed by atoms with Crippen molar-refractivity contribution in [3.05, 3.63) is 36.2 Å². The fraction of sp³-hybridized carbons (Fsp3) is 0.0909. The molecule has 0 aromatic carbocycles. The Hall–Kier alpha value is -1.76. The van der Waals surface area contributed by atoms with Crippen molar-refractivity contribution in [2.24, 2.45) is 0 Å². The number of aliphatic hydroxyl groups is 2. The quantitative estimate of drug-likeness (QED) is 0.602. The number of H-pyrrole nitrogens is 1. The number of hydrogen-bond donors (Lipinski definition) is 3. The maximum Gasteiger partial charge on any atom is 0.193 e. The topological polar surface area (TPSA) is 82.0 Å². The average Bonchev–Trinajstić information content (AvgIpc) is 2.87. The largest absolute Gasteiger partial charge is 0.363 e. The predicted octanol–water partition coefficient (Wildman–Crippen LogP) is 1.67. The van der Waals surface area contributed by atoms with Crippen LogP contribution in [-0.2, 0) is 0 Å². The van der Waals surface area contributed by atoms with Gasteiger partial charge in [0.1, 0.15) is 10.7 Å². The summed E-state index contributed by atoms with van der Waals surface area (Å²) < 4.78 is 0.883. The summed E-state index contributed by atoms with van der Waals surface area (Å²) in [5.41, 5.74) is 1.82. The van der Waals surface area contributed by atoms with Gasteiger partial charge < -0.3 is 15.2 Å². The molecule has 0 aliphatic rings. The van der Waals surface area contributed by atoms with Crippen LogP contribution in [0.4, 0.5) is 0 Å². The van der Waals surface area contributed by atoms with Gasteiger partial charge in [0.2, 0.25) is 0 Å². The third-order valence-corrected chi connectivity index (χ3v) is 3.39. The third kappa shape index (κ3) is 1.82. The maximum absolute atomic E-state index is 9.02. The van der Waals surface area contributed by atoms with Crippen molar-refractivity contribution in [3.63, 3.8) is 0 Å². The van der Waals surface area contributed by atoms with E-state index in [1.807, 2.05) is 18.2 Å². The number of aromatic nitrogens is 3. The van der Waals surface area contributed by atoms with Crippen molar-refractivity contribution in [1.29, 1.82) is 0 Å². The number of hydrogen-bond acceptors (Lipinski definition) is 5. The van der Waals surface area contributed by atoms with Crippen LogP contribution in [0.25, 0.3) is 21.0 Å². The standard InChI is InChI=1S/C11H9N3O2S/c15-11(16)7-5-8-9(13-7)14-10(17-8)6-3-1-2-4-12-6/h1-5,11,13,15-16H. The number of aliphatic hydroxyl groups excluding tert-OH is 1. The minimum absolute atomic E-state index is 0.353. The number of nitrogens with zero attached hydrogens (tertiary/aromatic N) is 2. The zero-order valence-electron chi connectivity index (χ0n) is 8.66. The van der Waals surface area contributed by atoms with Crippen LogP contribution in [-0.4, -0.2) is 25.2 Å². The molecule has 3 aromatic rings. The van der Waals surface area contributed by atoms with E-state index in [2.05, 4.69) is 15.0 Å². The Bertz CT molecular complexity index is 614. The highest BCUT2D eigenvalue weighted by Gasteiger charge is 2.12. The average molecular weight is 247 g/mol. The summed E-state index contributed by atoms with van der Waals surface area (Å²) in [6.07, 6.45) is 0.225. The van der Waals surface area contributed by atoms with E-state index in [0.717, 1.165) is 15.4 Å². The van der Waals surface area contributed by atoms with Gasteiger partial charge in [0.05, 0.1) is 16.1 Å². The highest BCUT2D eigenvalue weighted by molar-refractivity contribution is 7.21. The van der Waals surface area contributed by atoms with Gasteiger partial charge >= 0.3 is 0 Å². The minimum Gasteiger partial charge on any atom is -0.363 e. The normalized spacial score (nSPS) is 11.5. The maximum atomic E-state index is 9.02. The van der Waals surface area contributed by atoms with Gasteiger partial charge in [-0.05, 0) is 18.2 Å². The molecular formula is C11H9N3O2S. The second-order valence-corrected chi connectivity index (χ2v) is 4.58. The molecule has 0 aliphatic carbocycles. The van der Waals surface area contributed by atoms with Gasteiger partial charge in [-0.1, -0.05) is 6.07 Å². The lowest BCUT2D eigenvalue weighted by atomic mass is 10.4. The Balaban J connectivity index is 2.07. The van der Waals surface area contributed by atoms with Crippen molar-refractivity contribution in [3.8, 4) is 10.7 Å². The molecule has 0 radical (unpaired) electrons. The highest BCUT2D eigenvalue weighted by Crippen LogP contribution is 2.30. The molecule has 0 fully saturated rings. The Morgan fingerprint density at radius 1 is 1.29 bits per heavy atom. The first kappa shape index (κ1) is 10.4. The van der Waals surface area contributed by atoms with E-state index in [9.17, 15) is 0 Å². The van der Waals surface area contributed by atoms with Gasteiger partial charge in [-0.15, -0.1) is 11.3 Å². The molecule has 0 aliphatic heterocycles. The lowest BCUT2D eigenvalue weighted by Crippen LogP contribution is -1.94. The van der Waals surface area contributed by atoms with Crippen LogP contribution in [0.5, 0.6) is 0 Å². The number of rotatable bonds is 2. The van der Waals surface area contributed by atoms with E-state index in [4.69, 9.17) is 10.2 Å². The summed E-state index contributed by atoms with van der Waals surface area (Å²) in [6.45, 7) is 0. The van der Waals surface area contributed by atoms with Gasteiger partial charge in [-0.2, -0.15) is 0 Å². The summed E-state index contributed by atoms with van der Waals surface area (Å²) in [6, 6.07) is 7.33. The number of fused-ring (bicyclic) bond motifs is 1. The van der Waals surface area contributed by atoms with Crippen LogP contribution in [0, 0.1) is 0 Å². The van der Waals surface area contributed by atoms with Gasteiger partial charge in [-0.3, -0.25) is 4.98 Å². The highest BCUT2D eigenvalue weighted by atomic mass is 32.1. The molecule has 0 spiro atoms. The molecule has 0 saturated heterocycles. The number of aromatic amines is 1. The monoisotopic (exact) mass is 247 g/mol. The third-order valence-electron chi connectivity index (χ3n) is 2.36. The lowest BCUT2D eigenvalue weighted by Gasteiger charge is -1.97. The van der Waals surface area contributed by atoms with Gasteiger partial charge in [0, 0.05) is 6.20 Å². The Labute approximate surface area is 100 Å². The van der Waals surface area contributed by atoms with Crippen molar-refractivity contribution < 1.29 is 10.2 Å². The first-order valence-corrected chi connectivity index (χ1v) is 5.82. The van der Waals surface area contributed by atoms with E-state index < -0.39 is 6.29 Å². The molecule has 17 heavy (non-hydrogen) atoms. The molecule has 86 valence electrons. The molecule has 0 bridgehead atoms. The molecule has 0 unspecified atom stereocenters. The molecule has 0 amide bonds. The van der Waals surface area contributed by atoms with E-state index in [1.54, 1.807) is 12.3 Å². The molecule has 5 nitrogen and oxygen atoms in total. The van der Waals surface area contributed by atoms with E-state index in [0.29, 0.717) is 11.3 Å². The van der Waals surface area contributed by atoms with Crippen molar-refractivity contribution in [2.45, 2.75) is 6.29 Å². The molecule has 0 saturated carbocycles. The zero-order chi connectivity index (χ0) is 11.8. The van der Waals surface area contributed by atoms with E-state index in [1.165, 1.54) is 11.3 Å².